The first-order valence-corrected chi connectivity index (χ1v) is 7.85. The average Bonchev–Trinajstić information content (AvgIpc) is 2.90. The predicted octanol–water partition coefficient (Wildman–Crippen LogP) is 2.03. The van der Waals surface area contributed by atoms with Crippen molar-refractivity contribution in [3.8, 4) is 0 Å². The lowest BCUT2D eigenvalue weighted by Crippen LogP contribution is -2.39. The number of rotatable bonds is 4. The van der Waals surface area contributed by atoms with Crippen molar-refractivity contribution in [2.75, 3.05) is 11.9 Å². The van der Waals surface area contributed by atoms with Crippen molar-refractivity contribution >= 4 is 17.5 Å². The summed E-state index contributed by atoms with van der Waals surface area (Å²) in [5.74, 6) is -1.01. The van der Waals surface area contributed by atoms with Crippen LogP contribution in [0.3, 0.4) is 0 Å². The molecule has 0 radical (unpaired) electrons. The molecule has 3 N–H and O–H groups in total. The van der Waals surface area contributed by atoms with E-state index in [1.54, 1.807) is 6.07 Å². The molecular formula is C17H24N2O3. The average molecular weight is 304 g/mol. The molecule has 2 amide bonds. The Balaban J connectivity index is 1.90. The molecule has 0 aromatic heterocycles. The van der Waals surface area contributed by atoms with Gasteiger partial charge in [-0.05, 0) is 30.4 Å². The van der Waals surface area contributed by atoms with Crippen LogP contribution in [0.1, 0.15) is 44.6 Å². The fraction of sp³-hybridized carbons (Fsp3) is 0.529. The number of nitrogens with one attached hydrogen (secondary N) is 2. The summed E-state index contributed by atoms with van der Waals surface area (Å²) < 4.78 is 0. The van der Waals surface area contributed by atoms with Gasteiger partial charge in [-0.25, -0.2) is 0 Å². The number of para-hydroxylation sites is 1. The SMILES string of the molecule is CC(C)c1ccccc1NC(=O)C(=O)NCC1CCCC1O. The molecule has 0 saturated heterocycles. The lowest BCUT2D eigenvalue weighted by atomic mass is 10.0. The van der Waals surface area contributed by atoms with E-state index in [4.69, 9.17) is 0 Å². The topological polar surface area (TPSA) is 78.4 Å². The summed E-state index contributed by atoms with van der Waals surface area (Å²) >= 11 is 0. The van der Waals surface area contributed by atoms with Crippen molar-refractivity contribution in [3.05, 3.63) is 29.8 Å². The van der Waals surface area contributed by atoms with E-state index in [1.165, 1.54) is 0 Å². The van der Waals surface area contributed by atoms with E-state index in [2.05, 4.69) is 10.6 Å². The monoisotopic (exact) mass is 304 g/mol. The van der Waals surface area contributed by atoms with Crippen molar-refractivity contribution in [2.45, 2.75) is 45.1 Å². The molecule has 1 aromatic carbocycles. The Morgan fingerprint density at radius 1 is 1.23 bits per heavy atom. The molecule has 1 fully saturated rings. The van der Waals surface area contributed by atoms with Crippen LogP contribution in [0, 0.1) is 5.92 Å². The lowest BCUT2D eigenvalue weighted by Gasteiger charge is -2.16. The van der Waals surface area contributed by atoms with E-state index in [0.29, 0.717) is 12.2 Å². The van der Waals surface area contributed by atoms with Crippen LogP contribution in [0.5, 0.6) is 0 Å². The van der Waals surface area contributed by atoms with Crippen LogP contribution in [0.15, 0.2) is 24.3 Å². The molecule has 2 atom stereocenters. The highest BCUT2D eigenvalue weighted by atomic mass is 16.3. The van der Waals surface area contributed by atoms with Crippen LogP contribution >= 0.6 is 0 Å². The zero-order valence-corrected chi connectivity index (χ0v) is 13.1. The molecule has 5 nitrogen and oxygen atoms in total. The number of benzene rings is 1. The molecule has 120 valence electrons. The minimum atomic E-state index is -0.666. The maximum absolute atomic E-state index is 12.0. The van der Waals surface area contributed by atoms with Crippen LogP contribution in [0.2, 0.25) is 0 Å². The normalized spacial score (nSPS) is 20.9. The van der Waals surface area contributed by atoms with Gasteiger partial charge in [0.15, 0.2) is 0 Å². The highest BCUT2D eigenvalue weighted by Gasteiger charge is 2.26. The smallest absolute Gasteiger partial charge is 0.313 e. The minimum absolute atomic E-state index is 0.0553. The summed E-state index contributed by atoms with van der Waals surface area (Å²) in [5.41, 5.74) is 1.66. The van der Waals surface area contributed by atoms with E-state index >= 15 is 0 Å². The van der Waals surface area contributed by atoms with Crippen LogP contribution < -0.4 is 10.6 Å². The minimum Gasteiger partial charge on any atom is -0.393 e. The number of hydrogen-bond acceptors (Lipinski definition) is 3. The molecule has 1 aromatic rings. The first kappa shape index (κ1) is 16.5. The van der Waals surface area contributed by atoms with Crippen molar-refractivity contribution in [3.63, 3.8) is 0 Å². The van der Waals surface area contributed by atoms with E-state index in [0.717, 1.165) is 24.8 Å². The van der Waals surface area contributed by atoms with Crippen molar-refractivity contribution in [1.29, 1.82) is 0 Å². The summed E-state index contributed by atoms with van der Waals surface area (Å²) in [6.07, 6.45) is 2.26. The van der Waals surface area contributed by atoms with E-state index in [9.17, 15) is 14.7 Å². The molecule has 2 unspecified atom stereocenters. The Labute approximate surface area is 131 Å². The number of anilines is 1. The number of amides is 2. The first-order chi connectivity index (χ1) is 10.5. The molecule has 1 aliphatic rings. The summed E-state index contributed by atoms with van der Waals surface area (Å²) in [6.45, 7) is 4.42. The lowest BCUT2D eigenvalue weighted by molar-refractivity contribution is -0.136. The third-order valence-electron chi connectivity index (χ3n) is 4.18. The highest BCUT2D eigenvalue weighted by Crippen LogP contribution is 2.25. The Morgan fingerprint density at radius 2 is 1.95 bits per heavy atom. The van der Waals surface area contributed by atoms with Gasteiger partial charge in [0.05, 0.1) is 6.10 Å². The molecule has 1 saturated carbocycles. The van der Waals surface area contributed by atoms with Crippen molar-refractivity contribution in [2.24, 2.45) is 5.92 Å². The predicted molar refractivity (Wildman–Crippen MR) is 85.5 cm³/mol. The van der Waals surface area contributed by atoms with Crippen LogP contribution in [-0.4, -0.2) is 29.6 Å². The second-order valence-electron chi connectivity index (χ2n) is 6.16. The quantitative estimate of drug-likeness (QED) is 0.745. The Bertz CT molecular complexity index is 542. The third kappa shape index (κ3) is 4.07. The zero-order valence-electron chi connectivity index (χ0n) is 13.1. The van der Waals surface area contributed by atoms with Crippen molar-refractivity contribution < 1.29 is 14.7 Å². The number of hydrogen-bond donors (Lipinski definition) is 3. The molecule has 5 heteroatoms. The molecular weight excluding hydrogens is 280 g/mol. The number of aliphatic hydroxyl groups is 1. The molecule has 1 aliphatic carbocycles. The first-order valence-electron chi connectivity index (χ1n) is 7.85. The Morgan fingerprint density at radius 3 is 2.59 bits per heavy atom. The van der Waals surface area contributed by atoms with Crippen LogP contribution in [0.4, 0.5) is 5.69 Å². The van der Waals surface area contributed by atoms with Gasteiger partial charge in [-0.15, -0.1) is 0 Å². The molecule has 2 rings (SSSR count). The number of carbonyl (C=O) groups is 2. The van der Waals surface area contributed by atoms with Gasteiger partial charge in [0, 0.05) is 18.2 Å². The number of carbonyl (C=O) groups excluding carboxylic acids is 2. The van der Waals surface area contributed by atoms with Gasteiger partial charge in [-0.1, -0.05) is 38.5 Å². The van der Waals surface area contributed by atoms with Gasteiger partial charge in [-0.2, -0.15) is 0 Å². The second kappa shape index (κ2) is 7.40. The summed E-state index contributed by atoms with van der Waals surface area (Å²) in [6, 6.07) is 7.47. The molecule has 0 heterocycles. The summed E-state index contributed by atoms with van der Waals surface area (Å²) in [5, 5.41) is 15.0. The molecule has 22 heavy (non-hydrogen) atoms. The van der Waals surface area contributed by atoms with Crippen LogP contribution in [0.25, 0.3) is 0 Å². The Kier molecular flexibility index (Phi) is 5.55. The van der Waals surface area contributed by atoms with Gasteiger partial charge in [0.25, 0.3) is 0 Å². The largest absolute Gasteiger partial charge is 0.393 e. The molecule has 0 spiro atoms. The third-order valence-corrected chi connectivity index (χ3v) is 4.18. The van der Waals surface area contributed by atoms with Crippen molar-refractivity contribution in [1.82, 2.24) is 5.32 Å². The molecule has 0 bridgehead atoms. The summed E-state index contributed by atoms with van der Waals surface area (Å²) in [7, 11) is 0. The van der Waals surface area contributed by atoms with E-state index in [1.807, 2.05) is 32.0 Å². The van der Waals surface area contributed by atoms with Gasteiger partial charge in [-0.3, -0.25) is 9.59 Å². The number of aliphatic hydroxyl groups excluding tert-OH is 1. The van der Waals surface area contributed by atoms with Gasteiger partial charge >= 0.3 is 11.8 Å². The standard InChI is InChI=1S/C17H24N2O3/c1-11(2)13-7-3-4-8-14(13)19-17(22)16(21)18-10-12-6-5-9-15(12)20/h3-4,7-8,11-12,15,20H,5-6,9-10H2,1-2H3,(H,18,21)(H,19,22). The summed E-state index contributed by atoms with van der Waals surface area (Å²) in [4.78, 5) is 23.9. The second-order valence-corrected chi connectivity index (χ2v) is 6.16. The van der Waals surface area contributed by atoms with Crippen LogP contribution in [-0.2, 0) is 9.59 Å². The van der Waals surface area contributed by atoms with Gasteiger partial charge in [0.2, 0.25) is 0 Å². The van der Waals surface area contributed by atoms with Gasteiger partial charge < -0.3 is 15.7 Å². The highest BCUT2D eigenvalue weighted by molar-refractivity contribution is 6.39. The molecule has 0 aliphatic heterocycles. The maximum Gasteiger partial charge on any atom is 0.313 e. The fourth-order valence-electron chi connectivity index (χ4n) is 2.85. The maximum atomic E-state index is 12.0. The van der Waals surface area contributed by atoms with Gasteiger partial charge in [0.1, 0.15) is 0 Å². The zero-order chi connectivity index (χ0) is 16.1. The fourth-order valence-corrected chi connectivity index (χ4v) is 2.85. The Hall–Kier alpha value is -1.88. The van der Waals surface area contributed by atoms with E-state index in [-0.39, 0.29) is 17.9 Å². The van der Waals surface area contributed by atoms with E-state index < -0.39 is 11.8 Å².